The Labute approximate surface area is 571 Å². The van der Waals surface area contributed by atoms with Crippen molar-refractivity contribution < 1.29 is 66.1 Å². The second kappa shape index (κ2) is 29.3. The van der Waals surface area contributed by atoms with Gasteiger partial charge in [0.25, 0.3) is 23.6 Å². The molecule has 516 valence electrons. The summed E-state index contributed by atoms with van der Waals surface area (Å²) in [5.41, 5.74) is 16.2. The molecule has 8 aromatic heterocycles. The van der Waals surface area contributed by atoms with Crippen molar-refractivity contribution >= 4 is 91.3 Å². The number of hydrogen-bond donors (Lipinski definition) is 6. The fraction of sp³-hybridized carbons (Fsp3) is 0.118. The zero-order valence-corrected chi connectivity index (χ0v) is 53.9. The molecule has 0 aliphatic rings. The average molecular weight is 1390 g/mol. The lowest BCUT2D eigenvalue weighted by molar-refractivity contribution is -0.137. The molecule has 0 aliphatic carbocycles. The third-order valence-electron chi connectivity index (χ3n) is 15.4. The van der Waals surface area contributed by atoms with Crippen LogP contribution in [0.25, 0.3) is 67.4 Å². The number of nitrogens with zero attached hydrogens (tertiary/aromatic N) is 16. The van der Waals surface area contributed by atoms with Gasteiger partial charge in [-0.3, -0.25) is 65.8 Å². The molecule has 0 aliphatic heterocycles. The van der Waals surface area contributed by atoms with Gasteiger partial charge in [0, 0.05) is 90.1 Å². The lowest BCUT2D eigenvalue weighted by atomic mass is 10.0. The Bertz CT molecular complexity index is 5580. The summed E-state index contributed by atoms with van der Waals surface area (Å²) >= 11 is 0. The van der Waals surface area contributed by atoms with Crippen molar-refractivity contribution in [2.45, 2.75) is 24.9 Å². The van der Waals surface area contributed by atoms with Crippen molar-refractivity contribution in [3.63, 3.8) is 0 Å². The summed E-state index contributed by atoms with van der Waals surface area (Å²) in [6.07, 6.45) is 11.6. The van der Waals surface area contributed by atoms with Crippen LogP contribution in [0.4, 0.5) is 17.6 Å². The predicted molar refractivity (Wildman–Crippen MR) is 356 cm³/mol. The minimum atomic E-state index is -1.16. The molecule has 2 unspecified atom stereocenters. The number of benzene rings is 6. The maximum absolute atomic E-state index is 13.8. The van der Waals surface area contributed by atoms with Crippen molar-refractivity contribution in [1.82, 2.24) is 88.0 Å². The molecule has 0 radical (unpaired) electrons. The second-order valence-electron chi connectivity index (χ2n) is 22.6. The molecule has 0 spiro atoms. The summed E-state index contributed by atoms with van der Waals surface area (Å²) in [5.74, 6) is -8.33. The number of amides is 4. The van der Waals surface area contributed by atoms with Gasteiger partial charge < -0.3 is 32.3 Å². The quantitative estimate of drug-likeness (QED) is 0.0438. The summed E-state index contributed by atoms with van der Waals surface area (Å²) in [7, 11) is 6.51. The van der Waals surface area contributed by atoms with Gasteiger partial charge in [0.15, 0.2) is 23.3 Å². The number of fused-ring (bicyclic) bond motifs is 4. The van der Waals surface area contributed by atoms with E-state index in [0.717, 1.165) is 11.1 Å². The number of carbonyl (C=O) groups is 8. The summed E-state index contributed by atoms with van der Waals surface area (Å²) in [4.78, 5) is 113. The molecule has 14 rings (SSSR count). The Morgan fingerprint density at radius 2 is 0.686 bits per heavy atom. The largest absolute Gasteiger partial charge is 0.477 e. The summed E-state index contributed by atoms with van der Waals surface area (Å²) in [6, 6.07) is 32.0. The Morgan fingerprint density at radius 1 is 0.392 bits per heavy atom. The number of halogens is 4. The van der Waals surface area contributed by atoms with E-state index in [1.807, 2.05) is 12.1 Å². The van der Waals surface area contributed by atoms with Crippen LogP contribution in [0, 0.1) is 23.3 Å². The molecular formula is C68H56F4N20O10. The minimum Gasteiger partial charge on any atom is -0.477 e. The van der Waals surface area contributed by atoms with E-state index in [4.69, 9.17) is 21.7 Å². The molecule has 6 aromatic carbocycles. The first-order chi connectivity index (χ1) is 48.8. The molecule has 0 fully saturated rings. The van der Waals surface area contributed by atoms with Gasteiger partial charge in [-0.2, -0.15) is 20.4 Å². The number of nitrogens with two attached hydrogens (primary N) is 2. The van der Waals surface area contributed by atoms with Gasteiger partial charge in [0.2, 0.25) is 11.6 Å². The van der Waals surface area contributed by atoms with Crippen LogP contribution >= 0.6 is 0 Å². The van der Waals surface area contributed by atoms with Crippen molar-refractivity contribution in [3.05, 3.63) is 240 Å². The standard InChI is InChI=1S/2C22H19FN6O3.2C12H9FN4O2/c1-28-11-15(21(27-28)29-12-25-16-10-14(23)7-8-18(16)29)22(32)26-17(19(30)20(24)31)9-13-5-3-2-4-6-13;1-28-11-15(21(27-28)29-12-25-16-8-7-14(23)10-18(16)29)22(32)26-17(19(30)20(24)31)9-13-5-3-2-4-6-13;1-16-5-8(12(18)19)11(15-16)17-6-14-9-4-7(13)2-3-10(9)17;1-16-5-8(12(18)19)11(15-16)17-6-14-9-3-2-7(13)4-10(9)17/h2*2-8,10-12,17H,9H2,1H3,(H2,24,31)(H,26,32);2*2-6H,1H3,(H,18,19). The van der Waals surface area contributed by atoms with E-state index in [1.165, 1.54) is 155 Å². The number of carboxylic acids is 2. The summed E-state index contributed by atoms with van der Waals surface area (Å²) in [5, 5.41) is 40.3. The first-order valence-corrected chi connectivity index (χ1v) is 30.3. The van der Waals surface area contributed by atoms with Crippen LogP contribution in [0.5, 0.6) is 0 Å². The highest BCUT2D eigenvalue weighted by Gasteiger charge is 2.31. The number of aromatic carboxylic acids is 2. The van der Waals surface area contributed by atoms with Crippen LogP contribution in [0.15, 0.2) is 184 Å². The van der Waals surface area contributed by atoms with Crippen LogP contribution in [0.2, 0.25) is 0 Å². The number of ketones is 2. The Kier molecular flexibility index (Phi) is 19.9. The zero-order chi connectivity index (χ0) is 72.8. The van der Waals surface area contributed by atoms with E-state index in [-0.39, 0.29) is 58.4 Å². The van der Waals surface area contributed by atoms with Crippen LogP contribution in [0.3, 0.4) is 0 Å². The zero-order valence-electron chi connectivity index (χ0n) is 53.9. The van der Waals surface area contributed by atoms with Gasteiger partial charge in [-0.15, -0.1) is 0 Å². The Balaban J connectivity index is 0.000000141. The van der Waals surface area contributed by atoms with Crippen LogP contribution < -0.4 is 22.1 Å². The number of primary amides is 2. The van der Waals surface area contributed by atoms with Crippen LogP contribution in [-0.4, -0.2) is 147 Å². The minimum absolute atomic E-state index is 0.0334. The molecule has 8 N–H and O–H groups in total. The fourth-order valence-electron chi connectivity index (χ4n) is 10.8. The van der Waals surface area contributed by atoms with E-state index >= 15 is 0 Å². The maximum atomic E-state index is 13.8. The third kappa shape index (κ3) is 15.2. The number of hydrogen-bond acceptors (Lipinski definition) is 16. The highest BCUT2D eigenvalue weighted by molar-refractivity contribution is 6.38. The number of carboxylic acid groups (broad SMARTS) is 2. The van der Waals surface area contributed by atoms with E-state index in [9.17, 15) is 55.9 Å². The van der Waals surface area contributed by atoms with Gasteiger partial charge >= 0.3 is 11.9 Å². The van der Waals surface area contributed by atoms with Crippen molar-refractivity contribution in [3.8, 4) is 23.3 Å². The second-order valence-corrected chi connectivity index (χ2v) is 22.6. The van der Waals surface area contributed by atoms with E-state index in [2.05, 4.69) is 51.0 Å². The van der Waals surface area contributed by atoms with Crippen molar-refractivity contribution in [2.75, 3.05) is 0 Å². The molecule has 0 saturated carbocycles. The number of aromatic nitrogens is 16. The lowest BCUT2D eigenvalue weighted by Gasteiger charge is -2.16. The monoisotopic (exact) mass is 1390 g/mol. The number of nitrogens with one attached hydrogen (secondary N) is 2. The van der Waals surface area contributed by atoms with Crippen molar-refractivity contribution in [1.29, 1.82) is 0 Å². The molecule has 102 heavy (non-hydrogen) atoms. The predicted octanol–water partition coefficient (Wildman–Crippen LogP) is 5.78. The Hall–Kier alpha value is -14.1. The smallest absolute Gasteiger partial charge is 0.341 e. The van der Waals surface area contributed by atoms with Crippen LogP contribution in [-0.2, 0) is 60.2 Å². The molecule has 4 amide bonds. The first-order valence-electron chi connectivity index (χ1n) is 30.3. The highest BCUT2D eigenvalue weighted by atomic mass is 19.1. The fourth-order valence-corrected chi connectivity index (χ4v) is 10.8. The molecule has 2 atom stereocenters. The number of carbonyl (C=O) groups excluding carboxylic acids is 6. The normalized spacial score (nSPS) is 11.6. The number of imidazole rings is 4. The van der Waals surface area contributed by atoms with Gasteiger partial charge in [0.1, 0.15) is 82.9 Å². The topological polar surface area (TPSA) is 396 Å². The molecule has 8 heterocycles. The first kappa shape index (κ1) is 69.3. The van der Waals surface area contributed by atoms with Gasteiger partial charge in [-0.25, -0.2) is 47.1 Å². The van der Waals surface area contributed by atoms with Crippen LogP contribution in [0.1, 0.15) is 52.6 Å². The summed E-state index contributed by atoms with van der Waals surface area (Å²) in [6.45, 7) is 0. The highest BCUT2D eigenvalue weighted by Crippen LogP contribution is 2.26. The number of Topliss-reactive ketones (excluding diaryl/α,β-unsaturated/α-hetero) is 2. The lowest BCUT2D eigenvalue weighted by Crippen LogP contribution is -2.47. The van der Waals surface area contributed by atoms with E-state index in [1.54, 1.807) is 81.3 Å². The van der Waals surface area contributed by atoms with E-state index in [0.29, 0.717) is 44.1 Å². The number of aryl methyl sites for hydroxylation is 4. The maximum Gasteiger partial charge on any atom is 0.341 e. The molecule has 0 saturated heterocycles. The van der Waals surface area contributed by atoms with Gasteiger partial charge in [0.05, 0.1) is 44.1 Å². The summed E-state index contributed by atoms with van der Waals surface area (Å²) < 4.78 is 65.4. The Morgan fingerprint density at radius 3 is 1.02 bits per heavy atom. The van der Waals surface area contributed by atoms with E-state index < -0.39 is 82.5 Å². The molecule has 14 aromatic rings. The average Bonchev–Trinajstić information content (AvgIpc) is 1.65. The SMILES string of the molecule is Cn1cc(C(=O)NC(Cc2ccccc2)C(=O)C(N)=O)c(-n2cnc3cc(F)ccc32)n1.Cn1cc(C(=O)NC(Cc2ccccc2)C(=O)C(N)=O)c(-n2cnc3ccc(F)cc32)n1.Cn1cc(C(=O)O)c(-n2cnc3cc(F)ccc32)n1.Cn1cc(C(=O)O)c(-n2cnc3ccc(F)cc32)n1. The number of rotatable bonds is 18. The molecule has 34 heteroatoms. The molecular weight excluding hydrogens is 1330 g/mol. The van der Waals surface area contributed by atoms with Gasteiger partial charge in [-0.1, -0.05) is 60.7 Å². The van der Waals surface area contributed by atoms with Gasteiger partial charge in [-0.05, 0) is 59.7 Å². The third-order valence-corrected chi connectivity index (χ3v) is 15.4. The molecule has 0 bridgehead atoms. The molecule has 30 nitrogen and oxygen atoms in total. The van der Waals surface area contributed by atoms with Crippen molar-refractivity contribution in [2.24, 2.45) is 39.7 Å².